The van der Waals surface area contributed by atoms with Crippen LogP contribution in [0.4, 0.5) is 4.39 Å². The Morgan fingerprint density at radius 1 is 1.83 bits per heavy atom. The molecule has 70 valence electrons. The van der Waals surface area contributed by atoms with Crippen LogP contribution in [0.1, 0.15) is 13.3 Å². The van der Waals surface area contributed by atoms with Crippen molar-refractivity contribution in [1.82, 2.24) is 4.90 Å². The predicted molar refractivity (Wildman–Crippen MR) is 42.8 cm³/mol. The molecule has 3 nitrogen and oxygen atoms in total. The first-order chi connectivity index (χ1) is 5.65. The smallest absolute Gasteiger partial charge is 0.320 e. The predicted octanol–water partition coefficient (Wildman–Crippen LogP) is 0.751. The number of aliphatic carboxylic acids is 1. The molecule has 1 aliphatic rings. The van der Waals surface area contributed by atoms with E-state index >= 15 is 0 Å². The molecule has 12 heavy (non-hydrogen) atoms. The van der Waals surface area contributed by atoms with Crippen molar-refractivity contribution < 1.29 is 14.3 Å². The number of carboxylic acids is 1. The van der Waals surface area contributed by atoms with Crippen molar-refractivity contribution in [2.45, 2.75) is 19.4 Å². The summed E-state index contributed by atoms with van der Waals surface area (Å²) >= 11 is 0. The van der Waals surface area contributed by atoms with Crippen molar-refractivity contribution in [1.29, 1.82) is 0 Å². The van der Waals surface area contributed by atoms with Crippen molar-refractivity contribution in [3.05, 3.63) is 0 Å². The van der Waals surface area contributed by atoms with E-state index in [1.165, 1.54) is 0 Å². The van der Waals surface area contributed by atoms with E-state index < -0.39 is 12.0 Å². The molecule has 1 aliphatic heterocycles. The first-order valence-corrected chi connectivity index (χ1v) is 4.18. The van der Waals surface area contributed by atoms with E-state index in [1.807, 2.05) is 4.90 Å². The number of likely N-dealkylation sites (tertiary alicyclic amines) is 1. The third-order valence-electron chi connectivity index (χ3n) is 2.44. The first kappa shape index (κ1) is 9.45. The molecule has 1 fully saturated rings. The molecule has 2 atom stereocenters. The Balaban J connectivity index is 2.41. The van der Waals surface area contributed by atoms with E-state index in [9.17, 15) is 9.18 Å². The number of halogens is 1. The second-order valence-corrected chi connectivity index (χ2v) is 3.32. The van der Waals surface area contributed by atoms with Crippen LogP contribution in [0, 0.1) is 5.92 Å². The van der Waals surface area contributed by atoms with Gasteiger partial charge in [-0.15, -0.1) is 0 Å². The van der Waals surface area contributed by atoms with E-state index in [0.29, 0.717) is 13.1 Å². The molecule has 0 radical (unpaired) electrons. The zero-order valence-electron chi connectivity index (χ0n) is 7.16. The second kappa shape index (κ2) is 3.85. The highest BCUT2D eigenvalue weighted by Gasteiger charge is 2.28. The van der Waals surface area contributed by atoms with Crippen molar-refractivity contribution >= 4 is 5.97 Å². The minimum Gasteiger partial charge on any atom is -0.480 e. The fourth-order valence-electron chi connectivity index (χ4n) is 1.50. The Morgan fingerprint density at radius 2 is 2.50 bits per heavy atom. The summed E-state index contributed by atoms with van der Waals surface area (Å²) in [5.74, 6) is -0.777. The molecule has 1 heterocycles. The van der Waals surface area contributed by atoms with E-state index in [-0.39, 0.29) is 12.6 Å². The zero-order valence-corrected chi connectivity index (χ0v) is 7.16. The monoisotopic (exact) mass is 175 g/mol. The number of hydrogen-bond acceptors (Lipinski definition) is 2. The lowest BCUT2D eigenvalue weighted by molar-refractivity contribution is -0.142. The Morgan fingerprint density at radius 3 is 2.92 bits per heavy atom. The number of hydrogen-bond donors (Lipinski definition) is 1. The Hall–Kier alpha value is -0.640. The van der Waals surface area contributed by atoms with Crippen molar-refractivity contribution in [2.75, 3.05) is 19.8 Å². The average molecular weight is 175 g/mol. The quantitative estimate of drug-likeness (QED) is 0.688. The number of alkyl halides is 1. The molecule has 0 saturated carbocycles. The summed E-state index contributed by atoms with van der Waals surface area (Å²) in [6.07, 6.45) is 0.786. The van der Waals surface area contributed by atoms with E-state index in [2.05, 4.69) is 0 Å². The first-order valence-electron chi connectivity index (χ1n) is 4.18. The Bertz CT molecular complexity index is 174. The van der Waals surface area contributed by atoms with Crippen LogP contribution < -0.4 is 0 Å². The van der Waals surface area contributed by atoms with E-state index in [1.54, 1.807) is 6.92 Å². The lowest BCUT2D eigenvalue weighted by Crippen LogP contribution is -2.37. The molecule has 0 bridgehead atoms. The largest absolute Gasteiger partial charge is 0.480 e. The fraction of sp³-hybridized carbons (Fsp3) is 0.875. The van der Waals surface area contributed by atoms with E-state index in [0.717, 1.165) is 6.42 Å². The molecule has 0 aromatic rings. The number of nitrogens with zero attached hydrogens (tertiary/aromatic N) is 1. The van der Waals surface area contributed by atoms with Crippen LogP contribution in [-0.2, 0) is 4.79 Å². The third kappa shape index (κ3) is 1.94. The minimum absolute atomic E-state index is 0.0480. The summed E-state index contributed by atoms with van der Waals surface area (Å²) in [5, 5.41) is 8.67. The van der Waals surface area contributed by atoms with Gasteiger partial charge in [-0.3, -0.25) is 14.1 Å². The van der Waals surface area contributed by atoms with Gasteiger partial charge in [-0.2, -0.15) is 0 Å². The third-order valence-corrected chi connectivity index (χ3v) is 2.44. The molecule has 0 aliphatic carbocycles. The van der Waals surface area contributed by atoms with Crippen LogP contribution in [0.25, 0.3) is 0 Å². The molecule has 0 unspecified atom stereocenters. The molecule has 1 saturated heterocycles. The van der Waals surface area contributed by atoms with Crippen LogP contribution in [0.15, 0.2) is 0 Å². The molecular weight excluding hydrogens is 161 g/mol. The Labute approximate surface area is 71.2 Å². The van der Waals surface area contributed by atoms with Crippen LogP contribution in [0.3, 0.4) is 0 Å². The summed E-state index contributed by atoms with van der Waals surface area (Å²) in [7, 11) is 0. The molecule has 1 N–H and O–H groups in total. The van der Waals surface area contributed by atoms with Gasteiger partial charge in [0.2, 0.25) is 0 Å². The molecule has 0 aromatic carbocycles. The van der Waals surface area contributed by atoms with Gasteiger partial charge in [-0.05, 0) is 19.9 Å². The summed E-state index contributed by atoms with van der Waals surface area (Å²) in [5.41, 5.74) is 0. The maximum atomic E-state index is 12.2. The lowest BCUT2D eigenvalue weighted by Gasteiger charge is -2.19. The van der Waals surface area contributed by atoms with Gasteiger partial charge in [-0.25, -0.2) is 0 Å². The van der Waals surface area contributed by atoms with Crippen LogP contribution in [-0.4, -0.2) is 41.8 Å². The number of carboxylic acid groups (broad SMARTS) is 1. The molecule has 0 aromatic heterocycles. The van der Waals surface area contributed by atoms with Gasteiger partial charge in [0.15, 0.2) is 0 Å². The van der Waals surface area contributed by atoms with Crippen LogP contribution in [0.2, 0.25) is 0 Å². The van der Waals surface area contributed by atoms with Crippen molar-refractivity contribution in [2.24, 2.45) is 5.92 Å². The SMILES string of the molecule is C[C@@H](C(=O)O)N1CC[C@H](CF)C1. The van der Waals surface area contributed by atoms with Crippen molar-refractivity contribution in [3.8, 4) is 0 Å². The highest BCUT2D eigenvalue weighted by Crippen LogP contribution is 2.18. The fourth-order valence-corrected chi connectivity index (χ4v) is 1.50. The summed E-state index contributed by atoms with van der Waals surface area (Å²) in [6, 6.07) is -0.471. The van der Waals surface area contributed by atoms with Crippen molar-refractivity contribution in [3.63, 3.8) is 0 Å². The average Bonchev–Trinajstić information content (AvgIpc) is 2.50. The topological polar surface area (TPSA) is 40.5 Å². The maximum absolute atomic E-state index is 12.2. The molecule has 0 amide bonds. The highest BCUT2D eigenvalue weighted by atomic mass is 19.1. The van der Waals surface area contributed by atoms with Gasteiger partial charge in [0.25, 0.3) is 0 Å². The normalized spacial score (nSPS) is 27.3. The van der Waals surface area contributed by atoms with Gasteiger partial charge < -0.3 is 5.11 Å². The van der Waals surface area contributed by atoms with E-state index in [4.69, 9.17) is 5.11 Å². The number of rotatable bonds is 3. The Kier molecular flexibility index (Phi) is 3.03. The zero-order chi connectivity index (χ0) is 9.14. The summed E-state index contributed by atoms with van der Waals surface area (Å²) in [4.78, 5) is 12.4. The van der Waals surface area contributed by atoms with Crippen LogP contribution in [0.5, 0.6) is 0 Å². The minimum atomic E-state index is -0.825. The highest BCUT2D eigenvalue weighted by molar-refractivity contribution is 5.72. The molecule has 4 heteroatoms. The van der Waals surface area contributed by atoms with Crippen LogP contribution >= 0.6 is 0 Å². The van der Waals surface area contributed by atoms with Gasteiger partial charge >= 0.3 is 5.97 Å². The second-order valence-electron chi connectivity index (χ2n) is 3.32. The molecule has 0 spiro atoms. The number of carbonyl (C=O) groups is 1. The van der Waals surface area contributed by atoms with Gasteiger partial charge in [0.05, 0.1) is 6.67 Å². The lowest BCUT2D eigenvalue weighted by atomic mass is 10.1. The summed E-state index contributed by atoms with van der Waals surface area (Å²) < 4.78 is 12.2. The standard InChI is InChI=1S/C8H14FNO2/c1-6(8(11)12)10-3-2-7(4-9)5-10/h6-7H,2-5H2,1H3,(H,11,12)/t6-,7+/m0/s1. The van der Waals surface area contributed by atoms with Gasteiger partial charge in [0.1, 0.15) is 6.04 Å². The summed E-state index contributed by atoms with van der Waals surface area (Å²) in [6.45, 7) is 2.61. The molecular formula is C8H14FNO2. The maximum Gasteiger partial charge on any atom is 0.320 e. The van der Waals surface area contributed by atoms with Gasteiger partial charge in [-0.1, -0.05) is 0 Å². The van der Waals surface area contributed by atoms with Gasteiger partial charge in [0, 0.05) is 12.5 Å². The molecule has 1 rings (SSSR count).